The summed E-state index contributed by atoms with van der Waals surface area (Å²) < 4.78 is 19.3. The van der Waals surface area contributed by atoms with Crippen molar-refractivity contribution in [2.24, 2.45) is 4.99 Å². The number of hydrogen-bond donors (Lipinski definition) is 1. The molecule has 3 aliphatic heterocycles. The molecule has 2 saturated heterocycles. The predicted octanol–water partition coefficient (Wildman–Crippen LogP) is 7.62. The Balaban J connectivity index is 0.982. The third-order valence-corrected chi connectivity index (χ3v) is 11.4. The van der Waals surface area contributed by atoms with E-state index < -0.39 is 17.8 Å². The standard InChI is InChI=1S/C42H36ClFN6O4S/c1-25(51)26-3-5-27(6-4-26)28-7-9-29(10-8-28)30-11-14-32(15-12-30)50-23-33-22-48(18-19-49(33)42(50)53)24-36-37(41(52)54-2)38(34-16-13-31(44)21-35(34)43)47-39(46-36)40-45-17-20-55-40/h3-17,20-21,33,38H,18-19,22-24H2,1-2H3,(H,46,47)/t33-,38-/m0/s1. The zero-order valence-corrected chi connectivity index (χ0v) is 31.6. The average Bonchev–Trinajstić information content (AvgIpc) is 3.86. The lowest BCUT2D eigenvalue weighted by Gasteiger charge is -2.38. The number of nitrogens with zero attached hydrogens (tertiary/aromatic N) is 5. The molecule has 0 radical (unpaired) electrons. The van der Waals surface area contributed by atoms with Crippen LogP contribution in [0.15, 0.2) is 119 Å². The molecule has 278 valence electrons. The van der Waals surface area contributed by atoms with E-state index in [2.05, 4.69) is 39.5 Å². The van der Waals surface area contributed by atoms with Gasteiger partial charge in [0.25, 0.3) is 0 Å². The monoisotopic (exact) mass is 774 g/mol. The first kappa shape index (κ1) is 36.3. The van der Waals surface area contributed by atoms with Gasteiger partial charge in [-0.2, -0.15) is 0 Å². The molecule has 3 aliphatic rings. The van der Waals surface area contributed by atoms with Gasteiger partial charge in [0.2, 0.25) is 0 Å². The number of fused-ring (bicyclic) bond motifs is 1. The Morgan fingerprint density at radius 2 is 1.58 bits per heavy atom. The Morgan fingerprint density at radius 1 is 0.927 bits per heavy atom. The van der Waals surface area contributed by atoms with Crippen LogP contribution in [-0.2, 0) is 9.53 Å². The molecule has 4 heterocycles. The number of Topliss-reactive ketones (excluding diaryl/α,β-unsaturated/α-hetero) is 1. The van der Waals surface area contributed by atoms with E-state index in [0.717, 1.165) is 27.9 Å². The summed E-state index contributed by atoms with van der Waals surface area (Å²) in [6.45, 7) is 4.10. The third kappa shape index (κ3) is 7.28. The van der Waals surface area contributed by atoms with Crippen LogP contribution in [0.5, 0.6) is 0 Å². The summed E-state index contributed by atoms with van der Waals surface area (Å²) >= 11 is 7.93. The van der Waals surface area contributed by atoms with Crippen molar-refractivity contribution < 1.29 is 23.5 Å². The maximum atomic E-state index is 14.1. The summed E-state index contributed by atoms with van der Waals surface area (Å²) in [5.74, 6) is -0.549. The highest BCUT2D eigenvalue weighted by Crippen LogP contribution is 2.37. The molecular weight excluding hydrogens is 739 g/mol. The number of anilines is 1. The normalized spacial score (nSPS) is 18.5. The number of piperazine rings is 1. The van der Waals surface area contributed by atoms with E-state index >= 15 is 0 Å². The number of ether oxygens (including phenoxy) is 1. The zero-order valence-electron chi connectivity index (χ0n) is 30.0. The van der Waals surface area contributed by atoms with Crippen molar-refractivity contribution >= 4 is 52.2 Å². The van der Waals surface area contributed by atoms with Crippen molar-refractivity contribution in [3.8, 4) is 22.3 Å². The van der Waals surface area contributed by atoms with Gasteiger partial charge in [-0.3, -0.25) is 19.6 Å². The second-order valence-electron chi connectivity index (χ2n) is 13.6. The number of esters is 1. The van der Waals surface area contributed by atoms with Gasteiger partial charge in [0.05, 0.1) is 18.7 Å². The van der Waals surface area contributed by atoms with E-state index in [0.29, 0.717) is 60.4 Å². The van der Waals surface area contributed by atoms with Crippen molar-refractivity contribution in [3.05, 3.63) is 141 Å². The number of urea groups is 1. The van der Waals surface area contributed by atoms with Crippen LogP contribution in [0.1, 0.15) is 33.9 Å². The predicted molar refractivity (Wildman–Crippen MR) is 212 cm³/mol. The number of halogens is 2. The molecule has 1 N–H and O–H groups in total. The van der Waals surface area contributed by atoms with Crippen LogP contribution in [0.25, 0.3) is 22.3 Å². The molecule has 4 aromatic carbocycles. The van der Waals surface area contributed by atoms with Crippen molar-refractivity contribution in [1.82, 2.24) is 20.1 Å². The van der Waals surface area contributed by atoms with Crippen LogP contribution in [0, 0.1) is 5.82 Å². The molecule has 1 aromatic heterocycles. The lowest BCUT2D eigenvalue weighted by molar-refractivity contribution is -0.136. The number of carbonyl (C=O) groups excluding carboxylic acids is 3. The van der Waals surface area contributed by atoms with Crippen molar-refractivity contribution in [2.45, 2.75) is 19.0 Å². The Morgan fingerprint density at radius 3 is 2.18 bits per heavy atom. The molecule has 5 aromatic rings. The number of methoxy groups -OCH3 is 1. The van der Waals surface area contributed by atoms with Gasteiger partial charge in [-0.1, -0.05) is 78.3 Å². The third-order valence-electron chi connectivity index (χ3n) is 10.3. The van der Waals surface area contributed by atoms with Crippen molar-refractivity contribution in [3.63, 3.8) is 0 Å². The number of carbonyl (C=O) groups is 3. The molecule has 8 rings (SSSR count). The van der Waals surface area contributed by atoms with Gasteiger partial charge in [-0.25, -0.2) is 19.0 Å². The number of rotatable bonds is 9. The van der Waals surface area contributed by atoms with Crippen LogP contribution < -0.4 is 10.2 Å². The number of aromatic nitrogens is 1. The lowest BCUT2D eigenvalue weighted by Crippen LogP contribution is -2.53. The van der Waals surface area contributed by atoms with E-state index in [1.54, 1.807) is 13.1 Å². The molecule has 13 heteroatoms. The summed E-state index contributed by atoms with van der Waals surface area (Å²) in [6, 6.07) is 27.0. The maximum Gasteiger partial charge on any atom is 0.338 e. The quantitative estimate of drug-likeness (QED) is 0.121. The van der Waals surface area contributed by atoms with Crippen LogP contribution >= 0.6 is 22.9 Å². The summed E-state index contributed by atoms with van der Waals surface area (Å²) in [6.07, 6.45) is 1.68. The van der Waals surface area contributed by atoms with Crippen LogP contribution in [0.2, 0.25) is 5.02 Å². The number of aliphatic imine (C=N–C) groups is 1. The fourth-order valence-electron chi connectivity index (χ4n) is 7.41. The van der Waals surface area contributed by atoms with Crippen molar-refractivity contribution in [1.29, 1.82) is 0 Å². The highest BCUT2D eigenvalue weighted by molar-refractivity contribution is 7.11. The number of amides is 2. The Labute approximate surface area is 326 Å². The fraction of sp³-hybridized carbons (Fsp3) is 0.214. The first-order chi connectivity index (χ1) is 26.7. The summed E-state index contributed by atoms with van der Waals surface area (Å²) in [7, 11) is 1.31. The zero-order chi connectivity index (χ0) is 38.2. The molecule has 0 unspecified atom stereocenters. The highest BCUT2D eigenvalue weighted by atomic mass is 35.5. The molecule has 55 heavy (non-hydrogen) atoms. The van der Waals surface area contributed by atoms with Crippen LogP contribution in [0.3, 0.4) is 0 Å². The highest BCUT2D eigenvalue weighted by Gasteiger charge is 2.42. The van der Waals surface area contributed by atoms with Crippen LogP contribution in [0.4, 0.5) is 14.9 Å². The summed E-state index contributed by atoms with van der Waals surface area (Å²) in [5, 5.41) is 5.97. The SMILES string of the molecule is COC(=O)C1=C(CN2CCN3C(=O)N(c4ccc(-c5ccc(-c6ccc(C(C)=O)cc6)cc5)cc4)C[C@@H]3C2)NC(c2nccs2)=N[C@H]1c1ccc(F)cc1Cl. The minimum atomic E-state index is -0.854. The lowest BCUT2D eigenvalue weighted by atomic mass is 9.95. The minimum Gasteiger partial charge on any atom is -0.466 e. The van der Waals surface area contributed by atoms with Gasteiger partial charge in [0.1, 0.15) is 11.9 Å². The molecule has 0 bridgehead atoms. The van der Waals surface area contributed by atoms with E-state index in [1.807, 2.05) is 63.7 Å². The molecule has 0 saturated carbocycles. The van der Waals surface area contributed by atoms with E-state index in [9.17, 15) is 18.8 Å². The van der Waals surface area contributed by atoms with Gasteiger partial charge in [-0.05, 0) is 53.4 Å². The maximum absolute atomic E-state index is 14.1. The molecular formula is C42H36ClFN6O4S. The molecule has 0 aliphatic carbocycles. The Hall–Kier alpha value is -5.69. The van der Waals surface area contributed by atoms with Gasteiger partial charge < -0.3 is 15.0 Å². The molecule has 10 nitrogen and oxygen atoms in total. The second kappa shape index (κ2) is 15.2. The Kier molecular flexibility index (Phi) is 10.0. The summed E-state index contributed by atoms with van der Waals surface area (Å²) in [5.41, 5.74) is 7.04. The number of ketones is 1. The molecule has 2 amide bonds. The number of amidine groups is 1. The number of benzene rings is 4. The van der Waals surface area contributed by atoms with E-state index in [1.165, 1.54) is 36.6 Å². The van der Waals surface area contributed by atoms with Gasteiger partial charge in [0.15, 0.2) is 16.6 Å². The average molecular weight is 775 g/mol. The van der Waals surface area contributed by atoms with Gasteiger partial charge in [0, 0.05) is 71.8 Å². The number of nitrogens with one attached hydrogen (secondary N) is 1. The first-order valence-electron chi connectivity index (χ1n) is 17.8. The largest absolute Gasteiger partial charge is 0.466 e. The van der Waals surface area contributed by atoms with E-state index in [-0.39, 0.29) is 28.5 Å². The van der Waals surface area contributed by atoms with Crippen LogP contribution in [-0.4, -0.2) is 84.3 Å². The molecule has 2 fully saturated rings. The topological polar surface area (TPSA) is 107 Å². The van der Waals surface area contributed by atoms with Crippen molar-refractivity contribution in [2.75, 3.05) is 44.7 Å². The van der Waals surface area contributed by atoms with Gasteiger partial charge >= 0.3 is 12.0 Å². The first-order valence-corrected chi connectivity index (χ1v) is 19.1. The second-order valence-corrected chi connectivity index (χ2v) is 14.9. The molecule has 0 spiro atoms. The minimum absolute atomic E-state index is 0.0352. The smallest absolute Gasteiger partial charge is 0.338 e. The van der Waals surface area contributed by atoms with Gasteiger partial charge in [-0.15, -0.1) is 11.3 Å². The number of thiazole rings is 1. The molecule has 2 atom stereocenters. The summed E-state index contributed by atoms with van der Waals surface area (Å²) in [4.78, 5) is 54.0. The van der Waals surface area contributed by atoms with E-state index in [4.69, 9.17) is 21.3 Å². The fourth-order valence-corrected chi connectivity index (χ4v) is 8.27. The Bertz CT molecular complexity index is 2330. The number of hydrogen-bond acceptors (Lipinski definition) is 9.